The van der Waals surface area contributed by atoms with Crippen molar-refractivity contribution in [1.29, 1.82) is 0 Å². The SMILES string of the molecule is COc1cc2c(Oc3ccc(N=Cc4c(O)n(-c5ccc(F)cc5)c(=O)[nH]c4=O)cc3F)ccnc2cc1OCCCN1CCN(C)CC1. The molecular formula is C35H34F2N6O6. The van der Waals surface area contributed by atoms with E-state index < -0.39 is 28.8 Å². The fourth-order valence-corrected chi connectivity index (χ4v) is 5.43. The van der Waals surface area contributed by atoms with Gasteiger partial charge in [-0.15, -0.1) is 0 Å². The first-order valence-electron chi connectivity index (χ1n) is 15.6. The number of aromatic nitrogens is 3. The monoisotopic (exact) mass is 672 g/mol. The summed E-state index contributed by atoms with van der Waals surface area (Å²) in [5.74, 6) is -0.746. The van der Waals surface area contributed by atoms with Crippen molar-refractivity contribution in [3.8, 4) is 34.6 Å². The summed E-state index contributed by atoms with van der Waals surface area (Å²) in [6.45, 7) is 5.67. The molecule has 0 aliphatic carbocycles. The van der Waals surface area contributed by atoms with Gasteiger partial charge in [0.15, 0.2) is 23.1 Å². The fourth-order valence-electron chi connectivity index (χ4n) is 5.43. The third-order valence-electron chi connectivity index (χ3n) is 8.14. The molecule has 0 amide bonds. The second kappa shape index (κ2) is 14.7. The van der Waals surface area contributed by atoms with E-state index in [1.165, 1.54) is 24.3 Å². The van der Waals surface area contributed by atoms with Gasteiger partial charge in [0.25, 0.3) is 5.56 Å². The summed E-state index contributed by atoms with van der Waals surface area (Å²) < 4.78 is 47.0. The highest BCUT2D eigenvalue weighted by Crippen LogP contribution is 2.38. The number of ether oxygens (including phenoxy) is 3. The van der Waals surface area contributed by atoms with E-state index in [2.05, 4.69) is 31.8 Å². The predicted molar refractivity (Wildman–Crippen MR) is 180 cm³/mol. The Bertz CT molecular complexity index is 2110. The van der Waals surface area contributed by atoms with Gasteiger partial charge in [-0.3, -0.25) is 19.8 Å². The van der Waals surface area contributed by atoms with Crippen molar-refractivity contribution in [1.82, 2.24) is 24.3 Å². The van der Waals surface area contributed by atoms with E-state index in [0.717, 1.165) is 68.1 Å². The molecule has 0 spiro atoms. The number of rotatable bonds is 11. The van der Waals surface area contributed by atoms with Gasteiger partial charge in [0.05, 0.1) is 30.6 Å². The van der Waals surface area contributed by atoms with Crippen LogP contribution < -0.4 is 25.5 Å². The molecule has 12 nitrogen and oxygen atoms in total. The number of hydrogen-bond donors (Lipinski definition) is 2. The Morgan fingerprint density at radius 3 is 2.47 bits per heavy atom. The molecular weight excluding hydrogens is 638 g/mol. The van der Waals surface area contributed by atoms with Gasteiger partial charge in [0, 0.05) is 62.7 Å². The highest BCUT2D eigenvalue weighted by molar-refractivity contribution is 5.88. The maximum absolute atomic E-state index is 15.3. The van der Waals surface area contributed by atoms with E-state index in [1.807, 2.05) is 0 Å². The number of methoxy groups -OCH3 is 1. The zero-order valence-electron chi connectivity index (χ0n) is 26.9. The summed E-state index contributed by atoms with van der Waals surface area (Å²) in [6, 6.07) is 13.7. The molecule has 254 valence electrons. The van der Waals surface area contributed by atoms with Crippen molar-refractivity contribution in [2.45, 2.75) is 6.42 Å². The van der Waals surface area contributed by atoms with Gasteiger partial charge in [0.2, 0.25) is 5.88 Å². The van der Waals surface area contributed by atoms with Crippen LogP contribution in [0.4, 0.5) is 14.5 Å². The van der Waals surface area contributed by atoms with Crippen molar-refractivity contribution in [2.75, 3.05) is 53.5 Å². The third-order valence-corrected chi connectivity index (χ3v) is 8.14. The maximum atomic E-state index is 15.3. The van der Waals surface area contributed by atoms with Crippen LogP contribution in [-0.4, -0.2) is 89.1 Å². The molecule has 3 heterocycles. The maximum Gasteiger partial charge on any atom is 0.335 e. The van der Waals surface area contributed by atoms with Crippen molar-refractivity contribution >= 4 is 22.8 Å². The first-order chi connectivity index (χ1) is 23.7. The lowest BCUT2D eigenvalue weighted by Gasteiger charge is -2.32. The summed E-state index contributed by atoms with van der Waals surface area (Å²) >= 11 is 0. The average molecular weight is 673 g/mol. The van der Waals surface area contributed by atoms with Crippen molar-refractivity contribution in [3.63, 3.8) is 0 Å². The third kappa shape index (κ3) is 7.60. The molecule has 5 aromatic rings. The Morgan fingerprint density at radius 1 is 0.959 bits per heavy atom. The highest BCUT2D eigenvalue weighted by Gasteiger charge is 2.17. The Balaban J connectivity index is 1.17. The van der Waals surface area contributed by atoms with Crippen LogP contribution in [0.1, 0.15) is 12.0 Å². The molecule has 49 heavy (non-hydrogen) atoms. The second-order valence-electron chi connectivity index (χ2n) is 11.5. The molecule has 1 saturated heterocycles. The lowest BCUT2D eigenvalue weighted by atomic mass is 10.1. The lowest BCUT2D eigenvalue weighted by Crippen LogP contribution is -2.44. The Labute approximate surface area is 279 Å². The molecule has 14 heteroatoms. The number of nitrogens with one attached hydrogen (secondary N) is 1. The first kappa shape index (κ1) is 33.3. The summed E-state index contributed by atoms with van der Waals surface area (Å²) in [6.07, 6.45) is 3.41. The first-order valence-corrected chi connectivity index (χ1v) is 15.6. The normalized spacial score (nSPS) is 14.0. The topological polar surface area (TPSA) is 135 Å². The summed E-state index contributed by atoms with van der Waals surface area (Å²) in [5, 5.41) is 11.3. The average Bonchev–Trinajstić information content (AvgIpc) is 3.09. The van der Waals surface area contributed by atoms with Gasteiger partial charge in [-0.05, 0) is 62.0 Å². The Morgan fingerprint density at radius 2 is 1.73 bits per heavy atom. The minimum absolute atomic E-state index is 0.0962. The van der Waals surface area contributed by atoms with Crippen molar-refractivity contribution in [3.05, 3.63) is 105 Å². The number of halogens is 2. The lowest BCUT2D eigenvalue weighted by molar-refractivity contribution is 0.145. The number of hydrogen-bond acceptors (Lipinski definition) is 10. The zero-order valence-corrected chi connectivity index (χ0v) is 26.9. The van der Waals surface area contributed by atoms with E-state index in [1.54, 1.807) is 31.5 Å². The smallest absolute Gasteiger partial charge is 0.335 e. The highest BCUT2D eigenvalue weighted by atomic mass is 19.1. The molecule has 0 saturated carbocycles. The van der Waals surface area contributed by atoms with Crippen LogP contribution in [0.2, 0.25) is 0 Å². The number of pyridine rings is 1. The van der Waals surface area contributed by atoms with E-state index in [4.69, 9.17) is 14.2 Å². The van der Waals surface area contributed by atoms with Crippen LogP contribution >= 0.6 is 0 Å². The largest absolute Gasteiger partial charge is 0.493 e. The second-order valence-corrected chi connectivity index (χ2v) is 11.5. The summed E-state index contributed by atoms with van der Waals surface area (Å²) in [7, 11) is 3.67. The number of likely N-dealkylation sites (N-methyl/N-ethyl adjacent to an activating group) is 1. The number of fused-ring (bicyclic) bond motifs is 1. The van der Waals surface area contributed by atoms with E-state index >= 15 is 4.39 Å². The molecule has 1 fully saturated rings. The van der Waals surface area contributed by atoms with Crippen LogP contribution in [0, 0.1) is 11.6 Å². The molecule has 0 unspecified atom stereocenters. The summed E-state index contributed by atoms with van der Waals surface area (Å²) in [5.41, 5.74) is -1.42. The molecule has 0 bridgehead atoms. The Hall–Kier alpha value is -5.60. The molecule has 1 aliphatic rings. The number of piperazine rings is 1. The molecule has 1 aliphatic heterocycles. The van der Waals surface area contributed by atoms with Crippen LogP contribution in [0.3, 0.4) is 0 Å². The van der Waals surface area contributed by atoms with E-state index in [0.29, 0.717) is 34.8 Å². The fraction of sp³-hybridized carbons (Fsp3) is 0.257. The zero-order chi connectivity index (χ0) is 34.5. The number of aliphatic imine (C=N–C) groups is 1. The van der Waals surface area contributed by atoms with Gasteiger partial charge in [0.1, 0.15) is 17.1 Å². The van der Waals surface area contributed by atoms with Gasteiger partial charge >= 0.3 is 5.69 Å². The quantitative estimate of drug-likeness (QED) is 0.152. The van der Waals surface area contributed by atoms with Gasteiger partial charge < -0.3 is 29.1 Å². The predicted octanol–water partition coefficient (Wildman–Crippen LogP) is 4.63. The number of benzene rings is 3. The number of H-pyrrole nitrogens is 1. The van der Waals surface area contributed by atoms with E-state index in [9.17, 15) is 19.1 Å². The number of aromatic amines is 1. The summed E-state index contributed by atoms with van der Waals surface area (Å²) in [4.78, 5) is 40.2. The van der Waals surface area contributed by atoms with Crippen molar-refractivity contribution < 1.29 is 28.1 Å². The minimum Gasteiger partial charge on any atom is -0.493 e. The molecule has 2 N–H and O–H groups in total. The molecule has 0 atom stereocenters. The van der Waals surface area contributed by atoms with Crippen molar-refractivity contribution in [2.24, 2.45) is 4.99 Å². The van der Waals surface area contributed by atoms with Crippen LogP contribution in [0.25, 0.3) is 16.6 Å². The van der Waals surface area contributed by atoms with Gasteiger partial charge in [-0.25, -0.2) is 18.1 Å². The minimum atomic E-state index is -0.930. The number of nitrogens with zero attached hydrogens (tertiary/aromatic N) is 5. The van der Waals surface area contributed by atoms with Crippen LogP contribution in [0.15, 0.2) is 81.4 Å². The van der Waals surface area contributed by atoms with Gasteiger partial charge in [-0.2, -0.15) is 0 Å². The molecule has 6 rings (SSSR count). The van der Waals surface area contributed by atoms with Crippen LogP contribution in [-0.2, 0) is 0 Å². The molecule has 2 aromatic heterocycles. The molecule has 0 radical (unpaired) electrons. The standard InChI is InChI=1S/C35H34F2N6O6/c1-41-13-15-42(16-14-41)12-3-17-48-32-20-28-25(19-31(32)47-2)29(10-11-38-28)49-30-9-6-23(18-27(30)37)39-21-26-33(44)40-35(46)43(34(26)45)24-7-4-22(36)5-8-24/h4-11,18-21,45H,3,12-17H2,1-2H3,(H,40,44,46). The number of aromatic hydroxyl groups is 1. The van der Waals surface area contributed by atoms with Crippen LogP contribution in [0.5, 0.6) is 28.9 Å². The molecule has 3 aromatic carbocycles. The van der Waals surface area contributed by atoms with E-state index in [-0.39, 0.29) is 22.7 Å². The van der Waals surface area contributed by atoms with Gasteiger partial charge in [-0.1, -0.05) is 0 Å². The Kier molecular flexibility index (Phi) is 9.97.